The van der Waals surface area contributed by atoms with Crippen molar-refractivity contribution < 1.29 is 4.74 Å². The first kappa shape index (κ1) is 9.88. The van der Waals surface area contributed by atoms with Gasteiger partial charge in [0, 0.05) is 6.54 Å². The smallest absolute Gasteiger partial charge is 0.109 e. The van der Waals surface area contributed by atoms with Gasteiger partial charge in [-0.25, -0.2) is 0 Å². The highest BCUT2D eigenvalue weighted by atomic mass is 16.5. The van der Waals surface area contributed by atoms with Gasteiger partial charge in [0.2, 0.25) is 0 Å². The molecule has 0 aliphatic carbocycles. The monoisotopic (exact) mass is 146 g/mol. The van der Waals surface area contributed by atoms with Gasteiger partial charge in [-0.1, -0.05) is 6.92 Å². The Balaban J connectivity index is 3.40. The molecule has 0 heterocycles. The van der Waals surface area contributed by atoms with Crippen molar-refractivity contribution in [2.75, 3.05) is 27.2 Å². The van der Waals surface area contributed by atoms with E-state index in [0.29, 0.717) is 13.2 Å². The lowest BCUT2D eigenvalue weighted by Crippen LogP contribution is -2.31. The first-order valence-electron chi connectivity index (χ1n) is 3.70. The number of hydrogen-bond donors (Lipinski definition) is 1. The second kappa shape index (κ2) is 5.65. The van der Waals surface area contributed by atoms with Gasteiger partial charge in [0.25, 0.3) is 0 Å². The Kier molecular flexibility index (Phi) is 5.58. The average molecular weight is 146 g/mol. The van der Waals surface area contributed by atoms with E-state index in [-0.39, 0.29) is 6.23 Å². The first-order chi connectivity index (χ1) is 4.72. The van der Waals surface area contributed by atoms with Crippen molar-refractivity contribution in [1.82, 2.24) is 4.90 Å². The van der Waals surface area contributed by atoms with E-state index in [1.807, 2.05) is 14.1 Å². The van der Waals surface area contributed by atoms with Crippen molar-refractivity contribution in [2.45, 2.75) is 19.6 Å². The SMILES string of the molecule is CCC(OCCN)N(C)C. The highest BCUT2D eigenvalue weighted by Crippen LogP contribution is 1.99. The number of rotatable bonds is 5. The van der Waals surface area contributed by atoms with E-state index in [2.05, 4.69) is 11.8 Å². The molecule has 0 saturated carbocycles. The molecule has 0 rings (SSSR count). The summed E-state index contributed by atoms with van der Waals surface area (Å²) in [6, 6.07) is 0. The fraction of sp³-hybridized carbons (Fsp3) is 1.00. The molecule has 2 N–H and O–H groups in total. The van der Waals surface area contributed by atoms with Crippen LogP contribution in [0, 0.1) is 0 Å². The van der Waals surface area contributed by atoms with Crippen molar-refractivity contribution >= 4 is 0 Å². The fourth-order valence-electron chi connectivity index (χ4n) is 0.836. The largest absolute Gasteiger partial charge is 0.362 e. The Morgan fingerprint density at radius 2 is 2.10 bits per heavy atom. The van der Waals surface area contributed by atoms with Crippen LogP contribution in [0.25, 0.3) is 0 Å². The summed E-state index contributed by atoms with van der Waals surface area (Å²) in [5.74, 6) is 0. The Hall–Kier alpha value is -0.120. The highest BCUT2D eigenvalue weighted by molar-refractivity contribution is 4.50. The number of hydrogen-bond acceptors (Lipinski definition) is 3. The summed E-state index contributed by atoms with van der Waals surface area (Å²) >= 11 is 0. The van der Waals surface area contributed by atoms with Gasteiger partial charge in [0.1, 0.15) is 6.23 Å². The predicted octanol–water partition coefficient (Wildman–Crippen LogP) is 0.259. The van der Waals surface area contributed by atoms with Crippen LogP contribution >= 0.6 is 0 Å². The summed E-state index contributed by atoms with van der Waals surface area (Å²) in [4.78, 5) is 2.05. The molecule has 3 heteroatoms. The van der Waals surface area contributed by atoms with Crippen LogP contribution in [0.2, 0.25) is 0 Å². The van der Waals surface area contributed by atoms with Gasteiger partial charge >= 0.3 is 0 Å². The lowest BCUT2D eigenvalue weighted by molar-refractivity contribution is -0.0341. The molecule has 0 bridgehead atoms. The Bertz CT molecular complexity index is 76.0. The Morgan fingerprint density at radius 1 is 1.50 bits per heavy atom. The molecule has 0 aromatic rings. The van der Waals surface area contributed by atoms with Gasteiger partial charge in [0.05, 0.1) is 6.61 Å². The molecule has 0 fully saturated rings. The van der Waals surface area contributed by atoms with Crippen molar-refractivity contribution in [3.8, 4) is 0 Å². The maximum Gasteiger partial charge on any atom is 0.109 e. The van der Waals surface area contributed by atoms with E-state index in [1.165, 1.54) is 0 Å². The van der Waals surface area contributed by atoms with Crippen LogP contribution < -0.4 is 5.73 Å². The van der Waals surface area contributed by atoms with Gasteiger partial charge < -0.3 is 10.5 Å². The first-order valence-corrected chi connectivity index (χ1v) is 3.70. The number of nitrogens with zero attached hydrogens (tertiary/aromatic N) is 1. The summed E-state index contributed by atoms with van der Waals surface area (Å²) in [5.41, 5.74) is 5.29. The maximum absolute atomic E-state index is 5.40. The minimum absolute atomic E-state index is 0.226. The molecule has 3 nitrogen and oxygen atoms in total. The normalized spacial score (nSPS) is 14.1. The molecule has 0 radical (unpaired) electrons. The average Bonchev–Trinajstić information content (AvgIpc) is 1.89. The minimum atomic E-state index is 0.226. The highest BCUT2D eigenvalue weighted by Gasteiger charge is 2.06. The van der Waals surface area contributed by atoms with Crippen LogP contribution in [0.1, 0.15) is 13.3 Å². The number of ether oxygens (including phenoxy) is 1. The summed E-state index contributed by atoms with van der Waals surface area (Å²) in [5, 5.41) is 0. The topological polar surface area (TPSA) is 38.5 Å². The summed E-state index contributed by atoms with van der Waals surface area (Å²) in [6.07, 6.45) is 1.23. The van der Waals surface area contributed by atoms with Crippen LogP contribution in [0.5, 0.6) is 0 Å². The molecule has 0 aliphatic heterocycles. The number of nitrogens with two attached hydrogens (primary N) is 1. The van der Waals surface area contributed by atoms with Gasteiger partial charge in [-0.3, -0.25) is 4.90 Å². The third kappa shape index (κ3) is 3.82. The molecule has 0 amide bonds. The van der Waals surface area contributed by atoms with Gasteiger partial charge in [-0.05, 0) is 20.5 Å². The van der Waals surface area contributed by atoms with Crippen molar-refractivity contribution in [3.05, 3.63) is 0 Å². The molecule has 0 aliphatic rings. The molecule has 0 spiro atoms. The van der Waals surface area contributed by atoms with Crippen LogP contribution in [-0.2, 0) is 4.74 Å². The summed E-state index contributed by atoms with van der Waals surface area (Å²) in [7, 11) is 4.01. The molecule has 0 saturated heterocycles. The lowest BCUT2D eigenvalue weighted by Gasteiger charge is -2.22. The predicted molar refractivity (Wildman–Crippen MR) is 42.8 cm³/mol. The molecule has 1 atom stereocenters. The molecular formula is C7H18N2O. The third-order valence-electron chi connectivity index (χ3n) is 1.35. The second-order valence-electron chi connectivity index (χ2n) is 2.49. The molecule has 0 aromatic heterocycles. The zero-order valence-corrected chi connectivity index (χ0v) is 7.13. The molecule has 62 valence electrons. The Morgan fingerprint density at radius 3 is 2.40 bits per heavy atom. The van der Waals surface area contributed by atoms with Gasteiger partial charge in [0.15, 0.2) is 0 Å². The summed E-state index contributed by atoms with van der Waals surface area (Å²) in [6.45, 7) is 3.35. The molecule has 1 unspecified atom stereocenters. The van der Waals surface area contributed by atoms with Crippen molar-refractivity contribution in [2.24, 2.45) is 5.73 Å². The van der Waals surface area contributed by atoms with Crippen LogP contribution in [0.15, 0.2) is 0 Å². The van der Waals surface area contributed by atoms with E-state index < -0.39 is 0 Å². The van der Waals surface area contributed by atoms with Crippen LogP contribution in [0.3, 0.4) is 0 Å². The minimum Gasteiger partial charge on any atom is -0.362 e. The zero-order chi connectivity index (χ0) is 7.98. The van der Waals surface area contributed by atoms with E-state index in [4.69, 9.17) is 10.5 Å². The molecule has 0 aromatic carbocycles. The van der Waals surface area contributed by atoms with Gasteiger partial charge in [-0.2, -0.15) is 0 Å². The molecular weight excluding hydrogens is 128 g/mol. The quantitative estimate of drug-likeness (QED) is 0.565. The maximum atomic E-state index is 5.40. The van der Waals surface area contributed by atoms with E-state index >= 15 is 0 Å². The summed E-state index contributed by atoms with van der Waals surface area (Å²) < 4.78 is 5.40. The van der Waals surface area contributed by atoms with Crippen molar-refractivity contribution in [1.29, 1.82) is 0 Å². The van der Waals surface area contributed by atoms with E-state index in [1.54, 1.807) is 0 Å². The Labute approximate surface area is 63.1 Å². The van der Waals surface area contributed by atoms with E-state index in [9.17, 15) is 0 Å². The van der Waals surface area contributed by atoms with Gasteiger partial charge in [-0.15, -0.1) is 0 Å². The van der Waals surface area contributed by atoms with Crippen LogP contribution in [0.4, 0.5) is 0 Å². The molecule has 10 heavy (non-hydrogen) atoms. The van der Waals surface area contributed by atoms with Crippen LogP contribution in [-0.4, -0.2) is 38.4 Å². The third-order valence-corrected chi connectivity index (χ3v) is 1.35. The standard InChI is InChI=1S/C7H18N2O/c1-4-7(9(2)3)10-6-5-8/h7H,4-6,8H2,1-3H3. The van der Waals surface area contributed by atoms with E-state index in [0.717, 1.165) is 6.42 Å². The fourth-order valence-corrected chi connectivity index (χ4v) is 0.836. The lowest BCUT2D eigenvalue weighted by atomic mass is 10.4. The zero-order valence-electron chi connectivity index (χ0n) is 7.13. The van der Waals surface area contributed by atoms with Crippen molar-refractivity contribution in [3.63, 3.8) is 0 Å². The second-order valence-corrected chi connectivity index (χ2v) is 2.49.